The van der Waals surface area contributed by atoms with Crippen LogP contribution >= 0.6 is 11.6 Å². The van der Waals surface area contributed by atoms with Crippen LogP contribution in [0.1, 0.15) is 21.5 Å². The molecule has 27 heavy (non-hydrogen) atoms. The fourth-order valence-corrected chi connectivity index (χ4v) is 2.77. The summed E-state index contributed by atoms with van der Waals surface area (Å²) in [5, 5.41) is 23.8. The Kier molecular flexibility index (Phi) is 5.47. The molecule has 0 bridgehead atoms. The Morgan fingerprint density at radius 1 is 1.26 bits per heavy atom. The SMILES string of the molecule is COc1ccc(/C=C/C(=O)c2ccc(O)cc2O)cc1Cn1cc(Cl)cn1. The Bertz CT molecular complexity index is 1010. The number of rotatable bonds is 6. The van der Waals surface area contributed by atoms with Gasteiger partial charge in [0.1, 0.15) is 17.2 Å². The fourth-order valence-electron chi connectivity index (χ4n) is 2.62. The molecule has 0 atom stereocenters. The molecule has 0 fully saturated rings. The van der Waals surface area contributed by atoms with E-state index in [4.69, 9.17) is 16.3 Å². The quantitative estimate of drug-likeness (QED) is 0.497. The molecule has 3 aromatic rings. The second-order valence-corrected chi connectivity index (χ2v) is 6.26. The van der Waals surface area contributed by atoms with Gasteiger partial charge in [-0.3, -0.25) is 9.48 Å². The van der Waals surface area contributed by atoms with Gasteiger partial charge in [0.05, 0.1) is 30.4 Å². The van der Waals surface area contributed by atoms with Crippen LogP contribution in [0.3, 0.4) is 0 Å². The zero-order valence-electron chi connectivity index (χ0n) is 14.5. The lowest BCUT2D eigenvalue weighted by atomic mass is 10.1. The molecule has 0 saturated heterocycles. The third-order valence-electron chi connectivity index (χ3n) is 3.91. The topological polar surface area (TPSA) is 84.6 Å². The second-order valence-electron chi connectivity index (χ2n) is 5.83. The molecule has 0 unspecified atom stereocenters. The van der Waals surface area contributed by atoms with E-state index in [1.165, 1.54) is 18.2 Å². The number of carbonyl (C=O) groups excluding carboxylic acids is 1. The first kappa shape index (κ1) is 18.5. The molecule has 1 heterocycles. The van der Waals surface area contributed by atoms with E-state index in [2.05, 4.69) is 5.10 Å². The average Bonchev–Trinajstić information content (AvgIpc) is 3.04. The molecule has 0 radical (unpaired) electrons. The van der Waals surface area contributed by atoms with Gasteiger partial charge in [-0.1, -0.05) is 23.7 Å². The molecule has 1 aromatic heterocycles. The normalized spacial score (nSPS) is 11.0. The number of aromatic hydroxyl groups is 2. The Morgan fingerprint density at radius 3 is 2.74 bits per heavy atom. The maximum atomic E-state index is 12.3. The van der Waals surface area contributed by atoms with Crippen molar-refractivity contribution in [1.82, 2.24) is 9.78 Å². The van der Waals surface area contributed by atoms with E-state index in [-0.39, 0.29) is 22.8 Å². The molecule has 0 spiro atoms. The molecule has 0 aliphatic heterocycles. The van der Waals surface area contributed by atoms with Crippen LogP contribution in [-0.4, -0.2) is 32.9 Å². The highest BCUT2D eigenvalue weighted by atomic mass is 35.5. The maximum absolute atomic E-state index is 12.3. The zero-order chi connectivity index (χ0) is 19.4. The predicted molar refractivity (Wildman–Crippen MR) is 102 cm³/mol. The number of hydrogen-bond acceptors (Lipinski definition) is 5. The van der Waals surface area contributed by atoms with Gasteiger partial charge in [0.15, 0.2) is 5.78 Å². The van der Waals surface area contributed by atoms with Crippen LogP contribution in [0.4, 0.5) is 0 Å². The van der Waals surface area contributed by atoms with E-state index in [0.717, 1.165) is 17.2 Å². The van der Waals surface area contributed by atoms with Crippen molar-refractivity contribution in [2.45, 2.75) is 6.54 Å². The molecular formula is C20H17ClN2O4. The number of allylic oxidation sites excluding steroid dienone is 1. The molecule has 3 rings (SSSR count). The predicted octanol–water partition coefficient (Wildman–Crippen LogP) is 3.90. The van der Waals surface area contributed by atoms with Gasteiger partial charge >= 0.3 is 0 Å². The van der Waals surface area contributed by atoms with Gasteiger partial charge in [-0.05, 0) is 35.9 Å². The van der Waals surface area contributed by atoms with E-state index in [1.807, 2.05) is 18.2 Å². The van der Waals surface area contributed by atoms with Gasteiger partial charge in [-0.15, -0.1) is 0 Å². The maximum Gasteiger partial charge on any atom is 0.189 e. The van der Waals surface area contributed by atoms with Gasteiger partial charge in [0, 0.05) is 17.8 Å². The van der Waals surface area contributed by atoms with Crippen molar-refractivity contribution in [3.05, 3.63) is 76.6 Å². The first-order valence-electron chi connectivity index (χ1n) is 8.05. The third-order valence-corrected chi connectivity index (χ3v) is 4.11. The lowest BCUT2D eigenvalue weighted by molar-refractivity contribution is 0.104. The summed E-state index contributed by atoms with van der Waals surface area (Å²) in [6.07, 6.45) is 6.28. The number of ketones is 1. The van der Waals surface area contributed by atoms with Crippen molar-refractivity contribution in [2.24, 2.45) is 0 Å². The highest BCUT2D eigenvalue weighted by molar-refractivity contribution is 6.30. The lowest BCUT2D eigenvalue weighted by Gasteiger charge is -2.09. The number of phenols is 2. The van der Waals surface area contributed by atoms with E-state index in [9.17, 15) is 15.0 Å². The van der Waals surface area contributed by atoms with E-state index in [0.29, 0.717) is 17.3 Å². The van der Waals surface area contributed by atoms with Crippen molar-refractivity contribution in [2.75, 3.05) is 7.11 Å². The largest absolute Gasteiger partial charge is 0.508 e. The third kappa shape index (κ3) is 4.48. The van der Waals surface area contributed by atoms with Crippen LogP contribution in [0.15, 0.2) is 54.9 Å². The minimum absolute atomic E-state index is 0.105. The second kappa shape index (κ2) is 7.97. The van der Waals surface area contributed by atoms with Crippen LogP contribution < -0.4 is 4.74 Å². The Labute approximate surface area is 160 Å². The van der Waals surface area contributed by atoms with Gasteiger partial charge in [0.2, 0.25) is 0 Å². The summed E-state index contributed by atoms with van der Waals surface area (Å²) in [7, 11) is 1.58. The summed E-state index contributed by atoms with van der Waals surface area (Å²) >= 11 is 5.90. The molecule has 6 nitrogen and oxygen atoms in total. The van der Waals surface area contributed by atoms with Gasteiger partial charge in [0.25, 0.3) is 0 Å². The van der Waals surface area contributed by atoms with E-state index < -0.39 is 0 Å². The van der Waals surface area contributed by atoms with Crippen molar-refractivity contribution in [3.63, 3.8) is 0 Å². The van der Waals surface area contributed by atoms with Crippen LogP contribution in [0.5, 0.6) is 17.2 Å². The van der Waals surface area contributed by atoms with Crippen molar-refractivity contribution >= 4 is 23.5 Å². The number of nitrogens with zero attached hydrogens (tertiary/aromatic N) is 2. The van der Waals surface area contributed by atoms with E-state index in [1.54, 1.807) is 30.3 Å². The average molecular weight is 385 g/mol. The van der Waals surface area contributed by atoms with Crippen LogP contribution in [0, 0.1) is 0 Å². The lowest BCUT2D eigenvalue weighted by Crippen LogP contribution is -2.02. The molecule has 0 saturated carbocycles. The minimum Gasteiger partial charge on any atom is -0.508 e. The molecule has 2 N–H and O–H groups in total. The monoisotopic (exact) mass is 384 g/mol. The first-order chi connectivity index (χ1) is 13.0. The van der Waals surface area contributed by atoms with Crippen molar-refractivity contribution in [1.29, 1.82) is 0 Å². The molecule has 138 valence electrons. The van der Waals surface area contributed by atoms with Crippen molar-refractivity contribution in [3.8, 4) is 17.2 Å². The number of methoxy groups -OCH3 is 1. The molecule has 0 amide bonds. The summed E-state index contributed by atoms with van der Waals surface area (Å²) in [5.41, 5.74) is 1.78. The molecule has 0 aliphatic rings. The summed E-state index contributed by atoms with van der Waals surface area (Å²) in [4.78, 5) is 12.3. The Morgan fingerprint density at radius 2 is 2.07 bits per heavy atom. The summed E-state index contributed by atoms with van der Waals surface area (Å²) in [6, 6.07) is 9.36. The highest BCUT2D eigenvalue weighted by Crippen LogP contribution is 2.25. The number of hydrogen-bond donors (Lipinski definition) is 2. The van der Waals surface area contributed by atoms with Gasteiger partial charge < -0.3 is 14.9 Å². The number of phenolic OH excluding ortho intramolecular Hbond substituents is 2. The van der Waals surface area contributed by atoms with Crippen LogP contribution in [0.2, 0.25) is 5.02 Å². The van der Waals surface area contributed by atoms with Crippen molar-refractivity contribution < 1.29 is 19.7 Å². The fraction of sp³-hybridized carbons (Fsp3) is 0.100. The number of halogens is 1. The first-order valence-corrected chi connectivity index (χ1v) is 8.43. The summed E-state index contributed by atoms with van der Waals surface area (Å²) < 4.78 is 7.07. The Hall–Kier alpha value is -3.25. The molecule has 7 heteroatoms. The highest BCUT2D eigenvalue weighted by Gasteiger charge is 2.10. The summed E-state index contributed by atoms with van der Waals surface area (Å²) in [5.74, 6) is -0.0489. The van der Waals surface area contributed by atoms with Gasteiger partial charge in [-0.25, -0.2) is 0 Å². The number of benzene rings is 2. The molecular weight excluding hydrogens is 368 g/mol. The van der Waals surface area contributed by atoms with Crippen LogP contribution in [-0.2, 0) is 6.54 Å². The summed E-state index contributed by atoms with van der Waals surface area (Å²) in [6.45, 7) is 0.463. The zero-order valence-corrected chi connectivity index (χ0v) is 15.2. The number of carbonyl (C=O) groups is 1. The van der Waals surface area contributed by atoms with Gasteiger partial charge in [-0.2, -0.15) is 5.10 Å². The molecule has 2 aromatic carbocycles. The Balaban J connectivity index is 1.83. The van der Waals surface area contributed by atoms with E-state index >= 15 is 0 Å². The van der Waals surface area contributed by atoms with Crippen LogP contribution in [0.25, 0.3) is 6.08 Å². The number of ether oxygens (including phenoxy) is 1. The standard InChI is InChI=1S/C20H17ClN2O4/c1-27-20-7-3-13(8-14(20)11-23-12-15(21)10-22-23)2-6-18(25)17-5-4-16(24)9-19(17)26/h2-10,12,24,26H,11H2,1H3/b6-2+. The minimum atomic E-state index is -0.372. The smallest absolute Gasteiger partial charge is 0.189 e. The molecule has 0 aliphatic carbocycles. The number of aromatic nitrogens is 2.